The third-order valence-corrected chi connectivity index (χ3v) is 10.9. The molecule has 4 saturated carbocycles. The molecule has 4 rings (SSSR count). The molecule has 0 aliphatic heterocycles. The van der Waals surface area contributed by atoms with E-state index >= 15 is 0 Å². The summed E-state index contributed by atoms with van der Waals surface area (Å²) < 4.78 is 0. The van der Waals surface area contributed by atoms with Gasteiger partial charge in [0, 0.05) is 0 Å². The van der Waals surface area contributed by atoms with Gasteiger partial charge in [0.15, 0.2) is 6.29 Å². The molecule has 4 fully saturated rings. The average Bonchev–Trinajstić information content (AvgIpc) is 3.04. The molecule has 2 unspecified atom stereocenters. The van der Waals surface area contributed by atoms with Crippen LogP contribution in [0, 0.1) is 46.3 Å². The molecule has 0 bridgehead atoms. The highest BCUT2D eigenvalue weighted by Crippen LogP contribution is 2.68. The lowest BCUT2D eigenvalue weighted by Gasteiger charge is -2.61. The number of carbonyl (C=O) groups is 1. The molecule has 4 aliphatic carbocycles. The normalized spacial score (nSPS) is 47.4. The molecule has 0 aromatic rings. The lowest BCUT2D eigenvalue weighted by molar-refractivity contribution is -0.123. The van der Waals surface area contributed by atoms with Crippen LogP contribution in [-0.2, 0) is 4.79 Å². The Morgan fingerprint density at radius 2 is 1.76 bits per heavy atom. The van der Waals surface area contributed by atoms with E-state index in [0.717, 1.165) is 42.4 Å². The molecular weight excluding hydrogens is 356 g/mol. The quantitative estimate of drug-likeness (QED) is 0.496. The number of rotatable bonds is 6. The molecule has 9 atom stereocenters. The summed E-state index contributed by atoms with van der Waals surface area (Å²) in [5.74, 6) is 5.50. The molecule has 0 aromatic heterocycles. The van der Waals surface area contributed by atoms with Crippen molar-refractivity contribution < 1.29 is 9.90 Å². The molecule has 2 nitrogen and oxygen atoms in total. The number of carbonyl (C=O) groups excluding carboxylic acids is 1. The van der Waals surface area contributed by atoms with Gasteiger partial charge in [0.25, 0.3) is 0 Å². The molecule has 0 amide bonds. The van der Waals surface area contributed by atoms with Gasteiger partial charge in [-0.15, -0.1) is 0 Å². The standard InChI is InChI=1S/C27H46O2/c1-19(8-7-15-25(2,29)18-28)22-12-13-23-21-11-10-20-9-5-6-16-26(20,3)24(21)14-17-27(22,23)4/h18-24,29H,5-17H2,1-4H3/t19-,20?,21+,22-,23+,24+,25?,26+,27-/m1/s1. The highest BCUT2D eigenvalue weighted by Gasteiger charge is 2.60. The van der Waals surface area contributed by atoms with Crippen molar-refractivity contribution in [1.29, 1.82) is 0 Å². The highest BCUT2D eigenvalue weighted by atomic mass is 16.3. The third-order valence-electron chi connectivity index (χ3n) is 10.9. The second-order valence-electron chi connectivity index (χ2n) is 12.5. The van der Waals surface area contributed by atoms with E-state index in [1.807, 2.05) is 0 Å². The molecule has 29 heavy (non-hydrogen) atoms. The van der Waals surface area contributed by atoms with Crippen LogP contribution in [0.15, 0.2) is 0 Å². The van der Waals surface area contributed by atoms with Crippen molar-refractivity contribution in [3.8, 4) is 0 Å². The summed E-state index contributed by atoms with van der Waals surface area (Å²) in [6.07, 6.45) is 18.2. The van der Waals surface area contributed by atoms with Gasteiger partial charge < -0.3 is 9.90 Å². The van der Waals surface area contributed by atoms with Crippen molar-refractivity contribution in [2.45, 2.75) is 117 Å². The van der Waals surface area contributed by atoms with Crippen LogP contribution >= 0.6 is 0 Å². The maximum absolute atomic E-state index is 11.0. The number of fused-ring (bicyclic) bond motifs is 5. The molecular formula is C27H46O2. The van der Waals surface area contributed by atoms with E-state index in [9.17, 15) is 9.90 Å². The Labute approximate surface area is 179 Å². The van der Waals surface area contributed by atoms with E-state index in [0.29, 0.717) is 29.5 Å². The summed E-state index contributed by atoms with van der Waals surface area (Å²) in [5, 5.41) is 10.0. The van der Waals surface area contributed by atoms with Crippen LogP contribution in [0.3, 0.4) is 0 Å². The molecule has 1 N–H and O–H groups in total. The molecule has 0 heterocycles. The first-order valence-electron chi connectivity index (χ1n) is 12.9. The number of hydrogen-bond acceptors (Lipinski definition) is 2. The van der Waals surface area contributed by atoms with Crippen molar-refractivity contribution in [3.63, 3.8) is 0 Å². The predicted octanol–water partition coefficient (Wildman–Crippen LogP) is 6.79. The van der Waals surface area contributed by atoms with Crippen LogP contribution in [-0.4, -0.2) is 17.0 Å². The van der Waals surface area contributed by atoms with Gasteiger partial charge in [-0.3, -0.25) is 0 Å². The van der Waals surface area contributed by atoms with Crippen LogP contribution in [0.2, 0.25) is 0 Å². The largest absolute Gasteiger partial charge is 0.383 e. The first-order valence-corrected chi connectivity index (χ1v) is 12.9. The van der Waals surface area contributed by atoms with Crippen molar-refractivity contribution in [1.82, 2.24) is 0 Å². The van der Waals surface area contributed by atoms with Crippen molar-refractivity contribution in [2.75, 3.05) is 0 Å². The monoisotopic (exact) mass is 402 g/mol. The highest BCUT2D eigenvalue weighted by molar-refractivity contribution is 5.60. The Kier molecular flexibility index (Phi) is 5.99. The fourth-order valence-corrected chi connectivity index (χ4v) is 9.31. The zero-order chi connectivity index (χ0) is 20.9. The minimum atomic E-state index is -1.13. The van der Waals surface area contributed by atoms with Crippen molar-refractivity contribution >= 4 is 6.29 Å². The Morgan fingerprint density at radius 3 is 2.52 bits per heavy atom. The summed E-state index contributed by atoms with van der Waals surface area (Å²) in [6, 6.07) is 0. The van der Waals surface area contributed by atoms with Crippen LogP contribution < -0.4 is 0 Å². The summed E-state index contributed by atoms with van der Waals surface area (Å²) in [6.45, 7) is 9.45. The lowest BCUT2D eigenvalue weighted by atomic mass is 9.44. The predicted molar refractivity (Wildman–Crippen MR) is 120 cm³/mol. The van der Waals surface area contributed by atoms with Gasteiger partial charge in [-0.05, 0) is 117 Å². The van der Waals surface area contributed by atoms with Crippen molar-refractivity contribution in [3.05, 3.63) is 0 Å². The Hall–Kier alpha value is -0.370. The summed E-state index contributed by atoms with van der Waals surface area (Å²) in [7, 11) is 0. The van der Waals surface area contributed by atoms with E-state index in [1.165, 1.54) is 64.2 Å². The van der Waals surface area contributed by atoms with E-state index in [1.54, 1.807) is 6.92 Å². The summed E-state index contributed by atoms with van der Waals surface area (Å²) >= 11 is 0. The van der Waals surface area contributed by atoms with E-state index < -0.39 is 5.60 Å². The van der Waals surface area contributed by atoms with Crippen LogP contribution in [0.4, 0.5) is 0 Å². The first kappa shape index (κ1) is 21.8. The topological polar surface area (TPSA) is 37.3 Å². The van der Waals surface area contributed by atoms with E-state index in [-0.39, 0.29) is 0 Å². The zero-order valence-electron chi connectivity index (χ0n) is 19.6. The molecule has 2 heteroatoms. The lowest BCUT2D eigenvalue weighted by Crippen LogP contribution is -2.53. The van der Waals surface area contributed by atoms with Gasteiger partial charge in [0.1, 0.15) is 5.60 Å². The second kappa shape index (κ2) is 7.95. The Morgan fingerprint density at radius 1 is 1.00 bits per heavy atom. The fourth-order valence-electron chi connectivity index (χ4n) is 9.31. The van der Waals surface area contributed by atoms with Gasteiger partial charge in [0.2, 0.25) is 0 Å². The van der Waals surface area contributed by atoms with Crippen LogP contribution in [0.5, 0.6) is 0 Å². The maximum atomic E-state index is 11.0. The Bertz CT molecular complexity index is 597. The first-order chi connectivity index (χ1) is 13.7. The number of aliphatic hydroxyl groups is 1. The van der Waals surface area contributed by atoms with Gasteiger partial charge in [0.05, 0.1) is 0 Å². The maximum Gasteiger partial charge on any atom is 0.151 e. The number of aldehydes is 1. The minimum absolute atomic E-state index is 0.533. The van der Waals surface area contributed by atoms with E-state index in [4.69, 9.17) is 0 Å². The molecule has 0 spiro atoms. The van der Waals surface area contributed by atoms with E-state index in [2.05, 4.69) is 20.8 Å². The van der Waals surface area contributed by atoms with Crippen LogP contribution in [0.1, 0.15) is 111 Å². The third kappa shape index (κ3) is 3.74. The second-order valence-corrected chi connectivity index (χ2v) is 12.5. The molecule has 0 radical (unpaired) electrons. The molecule has 0 saturated heterocycles. The molecule has 166 valence electrons. The smallest absolute Gasteiger partial charge is 0.151 e. The molecule has 0 aromatic carbocycles. The molecule has 4 aliphatic rings. The SMILES string of the molecule is C[C@H](CCCC(C)(O)C=O)[C@H]1CC[C@H]2[C@@H]3CCC4CCCC[C@]4(C)[C@H]3CC[C@]12C. The minimum Gasteiger partial charge on any atom is -0.383 e. The zero-order valence-corrected chi connectivity index (χ0v) is 19.6. The van der Waals surface area contributed by atoms with Gasteiger partial charge >= 0.3 is 0 Å². The summed E-state index contributed by atoms with van der Waals surface area (Å²) in [5.41, 5.74) is 0.0478. The summed E-state index contributed by atoms with van der Waals surface area (Å²) in [4.78, 5) is 11.0. The van der Waals surface area contributed by atoms with Crippen molar-refractivity contribution in [2.24, 2.45) is 46.3 Å². The van der Waals surface area contributed by atoms with Gasteiger partial charge in [-0.1, -0.05) is 40.0 Å². The number of hydrogen-bond donors (Lipinski definition) is 1. The average molecular weight is 403 g/mol. The van der Waals surface area contributed by atoms with Gasteiger partial charge in [-0.25, -0.2) is 0 Å². The Balaban J connectivity index is 1.43. The van der Waals surface area contributed by atoms with Crippen LogP contribution in [0.25, 0.3) is 0 Å². The van der Waals surface area contributed by atoms with Gasteiger partial charge in [-0.2, -0.15) is 0 Å². The fraction of sp³-hybridized carbons (Fsp3) is 0.963.